The molecule has 0 spiro atoms. The normalized spacial score (nSPS) is 14.8. The Labute approximate surface area is 182 Å². The fraction of sp³-hybridized carbons (Fsp3) is 0.280. The van der Waals surface area contributed by atoms with Crippen LogP contribution in [0.1, 0.15) is 22.8 Å². The van der Waals surface area contributed by atoms with Crippen molar-refractivity contribution >= 4 is 5.69 Å². The number of nitrogens with two attached hydrogens (primary N) is 1. The third kappa shape index (κ3) is 3.64. The smallest absolute Gasteiger partial charge is 0.203 e. The van der Waals surface area contributed by atoms with Gasteiger partial charge in [-0.05, 0) is 28.8 Å². The van der Waals surface area contributed by atoms with Gasteiger partial charge < -0.3 is 29.4 Å². The van der Waals surface area contributed by atoms with Crippen molar-refractivity contribution in [2.24, 2.45) is 0 Å². The number of rotatable bonds is 6. The van der Waals surface area contributed by atoms with Crippen LogP contribution >= 0.6 is 0 Å². The SMILES string of the molecule is COc1ccc2c(c1N)C(Cc1ccccc1)OCc1cc(OC)c(OC)c(OC)c1-2. The Kier molecular flexibility index (Phi) is 5.91. The summed E-state index contributed by atoms with van der Waals surface area (Å²) in [5, 5.41) is 0. The molecule has 0 fully saturated rings. The number of anilines is 1. The number of nitrogen functional groups attached to an aromatic ring is 1. The lowest BCUT2D eigenvalue weighted by Crippen LogP contribution is -2.10. The summed E-state index contributed by atoms with van der Waals surface area (Å²) in [6.07, 6.45) is 0.414. The van der Waals surface area contributed by atoms with Crippen molar-refractivity contribution in [2.75, 3.05) is 34.2 Å². The van der Waals surface area contributed by atoms with Gasteiger partial charge in [0, 0.05) is 17.5 Å². The van der Waals surface area contributed by atoms with Gasteiger partial charge in [-0.2, -0.15) is 0 Å². The number of hydrogen-bond donors (Lipinski definition) is 1. The first-order chi connectivity index (χ1) is 15.1. The maximum atomic E-state index is 6.60. The third-order valence-corrected chi connectivity index (χ3v) is 5.67. The predicted molar refractivity (Wildman–Crippen MR) is 120 cm³/mol. The minimum absolute atomic E-state index is 0.262. The van der Waals surface area contributed by atoms with Crippen molar-refractivity contribution in [2.45, 2.75) is 19.1 Å². The Bertz CT molecular complexity index is 1080. The van der Waals surface area contributed by atoms with Crippen molar-refractivity contribution in [1.82, 2.24) is 0 Å². The van der Waals surface area contributed by atoms with Crippen molar-refractivity contribution < 1.29 is 23.7 Å². The number of benzene rings is 3. The highest BCUT2D eigenvalue weighted by atomic mass is 16.5. The average molecular weight is 421 g/mol. The molecular weight excluding hydrogens is 394 g/mol. The fourth-order valence-corrected chi connectivity index (χ4v) is 4.24. The van der Waals surface area contributed by atoms with E-state index in [1.165, 1.54) is 0 Å². The second-order valence-electron chi connectivity index (χ2n) is 7.31. The molecule has 0 aliphatic carbocycles. The van der Waals surface area contributed by atoms with E-state index in [9.17, 15) is 0 Å². The minimum atomic E-state index is -0.262. The van der Waals surface area contributed by atoms with Gasteiger partial charge >= 0.3 is 0 Å². The summed E-state index contributed by atoms with van der Waals surface area (Å²) in [6.45, 7) is 0.375. The van der Waals surface area contributed by atoms with Crippen LogP contribution in [0.3, 0.4) is 0 Å². The van der Waals surface area contributed by atoms with Gasteiger partial charge in [0.25, 0.3) is 0 Å². The molecule has 162 valence electrons. The summed E-state index contributed by atoms with van der Waals surface area (Å²) in [5.74, 6) is 2.33. The molecule has 1 aliphatic heterocycles. The van der Waals surface area contributed by atoms with Gasteiger partial charge in [-0.15, -0.1) is 0 Å². The summed E-state index contributed by atoms with van der Waals surface area (Å²) in [4.78, 5) is 0. The van der Waals surface area contributed by atoms with Gasteiger partial charge in [0.1, 0.15) is 5.75 Å². The van der Waals surface area contributed by atoms with E-state index in [0.29, 0.717) is 41.7 Å². The third-order valence-electron chi connectivity index (χ3n) is 5.67. The van der Waals surface area contributed by atoms with Crippen LogP contribution in [0, 0.1) is 0 Å². The topological polar surface area (TPSA) is 72.2 Å². The van der Waals surface area contributed by atoms with Gasteiger partial charge in [-0.25, -0.2) is 0 Å². The predicted octanol–water partition coefficient (Wildman–Crippen LogP) is 4.78. The zero-order chi connectivity index (χ0) is 22.0. The minimum Gasteiger partial charge on any atom is -0.495 e. The molecule has 1 aliphatic rings. The molecule has 0 amide bonds. The average Bonchev–Trinajstić information content (AvgIpc) is 2.96. The fourth-order valence-electron chi connectivity index (χ4n) is 4.24. The van der Waals surface area contributed by atoms with E-state index in [-0.39, 0.29) is 6.10 Å². The Morgan fingerprint density at radius 2 is 1.58 bits per heavy atom. The first-order valence-electron chi connectivity index (χ1n) is 10.1. The van der Waals surface area contributed by atoms with E-state index in [0.717, 1.165) is 27.8 Å². The molecule has 3 aromatic carbocycles. The van der Waals surface area contributed by atoms with E-state index >= 15 is 0 Å². The van der Waals surface area contributed by atoms with Crippen LogP contribution in [-0.2, 0) is 17.8 Å². The highest BCUT2D eigenvalue weighted by Crippen LogP contribution is 2.52. The molecular formula is C25H27NO5. The first-order valence-corrected chi connectivity index (χ1v) is 10.1. The summed E-state index contributed by atoms with van der Waals surface area (Å²) < 4.78 is 28.9. The molecule has 0 saturated carbocycles. The lowest BCUT2D eigenvalue weighted by molar-refractivity contribution is 0.0426. The summed E-state index contributed by atoms with van der Waals surface area (Å²) >= 11 is 0. The standard InChI is InChI=1S/C25H27NO5/c1-27-18-11-10-17-21-16(13-20(28-2)24(29-3)25(21)30-4)14-31-19(22(17)23(18)26)12-15-8-6-5-7-9-15/h5-11,13,19H,12,14,26H2,1-4H3. The Balaban J connectivity index is 1.97. The molecule has 1 unspecified atom stereocenters. The Morgan fingerprint density at radius 1 is 0.871 bits per heavy atom. The Morgan fingerprint density at radius 3 is 2.23 bits per heavy atom. The summed E-state index contributed by atoms with van der Waals surface area (Å²) in [5.41, 5.74) is 12.0. The zero-order valence-electron chi connectivity index (χ0n) is 18.2. The van der Waals surface area contributed by atoms with Crippen molar-refractivity contribution in [3.8, 4) is 34.1 Å². The second kappa shape index (κ2) is 8.78. The second-order valence-corrected chi connectivity index (χ2v) is 7.31. The van der Waals surface area contributed by atoms with Gasteiger partial charge in [0.05, 0.1) is 46.8 Å². The molecule has 1 atom stereocenters. The molecule has 0 aromatic heterocycles. The van der Waals surface area contributed by atoms with Crippen LogP contribution in [0.5, 0.6) is 23.0 Å². The lowest BCUT2D eigenvalue weighted by Gasteiger charge is -2.22. The molecule has 0 saturated heterocycles. The number of ether oxygens (including phenoxy) is 5. The van der Waals surface area contributed by atoms with E-state index in [4.69, 9.17) is 29.4 Å². The van der Waals surface area contributed by atoms with E-state index in [1.54, 1.807) is 28.4 Å². The number of fused-ring (bicyclic) bond motifs is 3. The van der Waals surface area contributed by atoms with E-state index in [2.05, 4.69) is 12.1 Å². The van der Waals surface area contributed by atoms with E-state index < -0.39 is 0 Å². The van der Waals surface area contributed by atoms with Gasteiger partial charge in [0.2, 0.25) is 5.75 Å². The molecule has 0 bridgehead atoms. The molecule has 0 radical (unpaired) electrons. The monoisotopic (exact) mass is 421 g/mol. The van der Waals surface area contributed by atoms with Crippen LogP contribution in [0.25, 0.3) is 11.1 Å². The molecule has 2 N–H and O–H groups in total. The van der Waals surface area contributed by atoms with Crippen LogP contribution in [0.4, 0.5) is 5.69 Å². The summed E-state index contributed by atoms with van der Waals surface area (Å²) in [6, 6.07) is 16.0. The number of methoxy groups -OCH3 is 4. The van der Waals surface area contributed by atoms with Crippen LogP contribution in [-0.4, -0.2) is 28.4 Å². The molecule has 1 heterocycles. The van der Waals surface area contributed by atoms with Gasteiger partial charge in [-0.1, -0.05) is 36.4 Å². The molecule has 6 heteroatoms. The molecule has 6 nitrogen and oxygen atoms in total. The van der Waals surface area contributed by atoms with Crippen LogP contribution in [0.2, 0.25) is 0 Å². The maximum Gasteiger partial charge on any atom is 0.203 e. The lowest BCUT2D eigenvalue weighted by atomic mass is 9.89. The van der Waals surface area contributed by atoms with Crippen molar-refractivity contribution in [3.05, 3.63) is 65.2 Å². The Hall–Kier alpha value is -3.38. The van der Waals surface area contributed by atoms with Crippen molar-refractivity contribution in [1.29, 1.82) is 0 Å². The number of hydrogen-bond acceptors (Lipinski definition) is 6. The van der Waals surface area contributed by atoms with Gasteiger partial charge in [-0.3, -0.25) is 0 Å². The van der Waals surface area contributed by atoms with Crippen LogP contribution < -0.4 is 24.7 Å². The first kappa shape index (κ1) is 20.9. The maximum absolute atomic E-state index is 6.60. The summed E-state index contributed by atoms with van der Waals surface area (Å²) in [7, 11) is 6.44. The van der Waals surface area contributed by atoms with Crippen LogP contribution in [0.15, 0.2) is 48.5 Å². The van der Waals surface area contributed by atoms with Crippen molar-refractivity contribution in [3.63, 3.8) is 0 Å². The molecule has 31 heavy (non-hydrogen) atoms. The van der Waals surface area contributed by atoms with Gasteiger partial charge in [0.15, 0.2) is 11.5 Å². The largest absolute Gasteiger partial charge is 0.495 e. The molecule has 3 aromatic rings. The zero-order valence-corrected chi connectivity index (χ0v) is 18.2. The van der Waals surface area contributed by atoms with E-state index in [1.807, 2.05) is 36.4 Å². The molecule has 4 rings (SSSR count). The highest BCUT2D eigenvalue weighted by molar-refractivity contribution is 5.86. The highest BCUT2D eigenvalue weighted by Gasteiger charge is 2.31. The quantitative estimate of drug-likeness (QED) is 0.578.